The Kier molecular flexibility index (Phi) is 4.68. The monoisotopic (exact) mass is 278 g/mol. The van der Waals surface area contributed by atoms with Crippen LogP contribution in [0, 0.1) is 0 Å². The lowest BCUT2D eigenvalue weighted by atomic mass is 9.91. The minimum Gasteiger partial charge on any atom is -0.477 e. The Morgan fingerprint density at radius 1 is 1.30 bits per heavy atom. The fraction of sp³-hybridized carbons (Fsp3) is 0.500. The molecule has 0 saturated heterocycles. The minimum absolute atomic E-state index is 0.0269. The molecule has 2 N–H and O–H groups in total. The van der Waals surface area contributed by atoms with Gasteiger partial charge in [0.15, 0.2) is 0 Å². The van der Waals surface area contributed by atoms with Crippen LogP contribution in [0.1, 0.15) is 46.7 Å². The molecular formula is C14H18N2O4. The highest BCUT2D eigenvalue weighted by Gasteiger charge is 2.29. The second kappa shape index (κ2) is 6.47. The molecule has 1 aliphatic carbocycles. The van der Waals surface area contributed by atoms with E-state index in [-0.39, 0.29) is 29.9 Å². The normalized spacial score (nSPS) is 14.7. The van der Waals surface area contributed by atoms with Crippen LogP contribution in [0.4, 0.5) is 0 Å². The van der Waals surface area contributed by atoms with Crippen LogP contribution in [0.25, 0.3) is 0 Å². The first-order valence-corrected chi connectivity index (χ1v) is 6.75. The van der Waals surface area contributed by atoms with Gasteiger partial charge in [-0.1, -0.05) is 6.07 Å². The van der Waals surface area contributed by atoms with E-state index in [9.17, 15) is 9.59 Å². The van der Waals surface area contributed by atoms with Crippen molar-refractivity contribution in [1.82, 2.24) is 9.88 Å². The summed E-state index contributed by atoms with van der Waals surface area (Å²) in [7, 11) is 0. The highest BCUT2D eigenvalue weighted by Crippen LogP contribution is 2.26. The van der Waals surface area contributed by atoms with Crippen LogP contribution in [0.15, 0.2) is 18.2 Å². The molecule has 0 aromatic carbocycles. The molecule has 1 aromatic rings. The molecule has 0 bridgehead atoms. The van der Waals surface area contributed by atoms with Crippen LogP contribution in [0.2, 0.25) is 0 Å². The van der Waals surface area contributed by atoms with Crippen molar-refractivity contribution in [2.45, 2.75) is 31.7 Å². The van der Waals surface area contributed by atoms with Crippen LogP contribution < -0.4 is 0 Å². The minimum atomic E-state index is -1.15. The van der Waals surface area contributed by atoms with Gasteiger partial charge in [0, 0.05) is 19.2 Å². The average molecular weight is 278 g/mol. The van der Waals surface area contributed by atoms with E-state index >= 15 is 0 Å². The quantitative estimate of drug-likeness (QED) is 0.814. The number of nitrogens with zero attached hydrogens (tertiary/aromatic N) is 2. The van der Waals surface area contributed by atoms with Gasteiger partial charge in [-0.15, -0.1) is 0 Å². The molecule has 1 amide bonds. The van der Waals surface area contributed by atoms with Crippen molar-refractivity contribution in [3.05, 3.63) is 29.6 Å². The second-order valence-corrected chi connectivity index (χ2v) is 4.87. The summed E-state index contributed by atoms with van der Waals surface area (Å²) in [4.78, 5) is 28.9. The van der Waals surface area contributed by atoms with Gasteiger partial charge in [-0.05, 0) is 37.8 Å². The van der Waals surface area contributed by atoms with Gasteiger partial charge in [0.05, 0.1) is 0 Å². The molecule has 0 radical (unpaired) electrons. The number of aliphatic hydroxyl groups excluding tert-OH is 1. The predicted molar refractivity (Wildman–Crippen MR) is 71.6 cm³/mol. The van der Waals surface area contributed by atoms with Crippen LogP contribution in [0.5, 0.6) is 0 Å². The first kappa shape index (κ1) is 14.5. The Morgan fingerprint density at radius 3 is 2.55 bits per heavy atom. The van der Waals surface area contributed by atoms with Crippen LogP contribution in [0.3, 0.4) is 0 Å². The SMILES string of the molecule is O=C(O)c1cccc(C(=O)N(CCCO)C2CCC2)n1. The van der Waals surface area contributed by atoms with Crippen LogP contribution >= 0.6 is 0 Å². The smallest absolute Gasteiger partial charge is 0.354 e. The summed E-state index contributed by atoms with van der Waals surface area (Å²) in [5, 5.41) is 17.8. The number of carbonyl (C=O) groups excluding carboxylic acids is 1. The lowest BCUT2D eigenvalue weighted by Gasteiger charge is -2.37. The van der Waals surface area contributed by atoms with Gasteiger partial charge in [0.25, 0.3) is 5.91 Å². The lowest BCUT2D eigenvalue weighted by molar-refractivity contribution is 0.0556. The zero-order valence-electron chi connectivity index (χ0n) is 11.2. The maximum Gasteiger partial charge on any atom is 0.354 e. The largest absolute Gasteiger partial charge is 0.477 e. The Hall–Kier alpha value is -1.95. The van der Waals surface area contributed by atoms with E-state index < -0.39 is 5.97 Å². The number of rotatable bonds is 6. The number of hydrogen-bond acceptors (Lipinski definition) is 4. The Bertz CT molecular complexity index is 500. The third-order valence-corrected chi connectivity index (χ3v) is 3.52. The van der Waals surface area contributed by atoms with E-state index in [4.69, 9.17) is 10.2 Å². The van der Waals surface area contributed by atoms with Crippen LogP contribution in [-0.4, -0.2) is 51.2 Å². The maximum absolute atomic E-state index is 12.4. The summed E-state index contributed by atoms with van der Waals surface area (Å²) in [6.45, 7) is 0.498. The number of carbonyl (C=O) groups is 2. The summed E-state index contributed by atoms with van der Waals surface area (Å²) in [6.07, 6.45) is 3.52. The zero-order valence-corrected chi connectivity index (χ0v) is 11.2. The molecule has 108 valence electrons. The summed E-state index contributed by atoms with van der Waals surface area (Å²) in [5.74, 6) is -1.41. The first-order chi connectivity index (χ1) is 9.63. The van der Waals surface area contributed by atoms with E-state index in [1.807, 2.05) is 0 Å². The molecule has 1 aromatic heterocycles. The van der Waals surface area contributed by atoms with Gasteiger partial charge in [-0.25, -0.2) is 9.78 Å². The maximum atomic E-state index is 12.4. The molecule has 0 spiro atoms. The summed E-state index contributed by atoms with van der Waals surface area (Å²) >= 11 is 0. The van der Waals surface area contributed by atoms with E-state index in [1.54, 1.807) is 4.90 Å². The van der Waals surface area contributed by atoms with Gasteiger partial charge in [-0.2, -0.15) is 0 Å². The molecule has 2 rings (SSSR count). The van der Waals surface area contributed by atoms with Gasteiger partial charge in [-0.3, -0.25) is 4.79 Å². The third-order valence-electron chi connectivity index (χ3n) is 3.52. The molecule has 6 heteroatoms. The number of carboxylic acids is 1. The van der Waals surface area contributed by atoms with Gasteiger partial charge < -0.3 is 15.1 Å². The second-order valence-electron chi connectivity index (χ2n) is 4.87. The Morgan fingerprint density at radius 2 is 2.00 bits per heavy atom. The number of amides is 1. The number of aromatic nitrogens is 1. The molecule has 20 heavy (non-hydrogen) atoms. The molecule has 1 fully saturated rings. The summed E-state index contributed by atoms with van der Waals surface area (Å²) < 4.78 is 0. The standard InChI is InChI=1S/C14H18N2O4/c17-9-3-8-16(10-4-1-5-10)13(18)11-6-2-7-12(15-11)14(19)20/h2,6-7,10,17H,1,3-5,8-9H2,(H,19,20). The highest BCUT2D eigenvalue weighted by molar-refractivity contribution is 5.94. The molecule has 6 nitrogen and oxygen atoms in total. The van der Waals surface area contributed by atoms with Crippen molar-refractivity contribution in [2.24, 2.45) is 0 Å². The van der Waals surface area contributed by atoms with Crippen molar-refractivity contribution in [3.63, 3.8) is 0 Å². The third kappa shape index (κ3) is 3.14. The van der Waals surface area contributed by atoms with Crippen molar-refractivity contribution < 1.29 is 19.8 Å². The lowest BCUT2D eigenvalue weighted by Crippen LogP contribution is -2.45. The Labute approximate surface area is 117 Å². The van der Waals surface area contributed by atoms with Crippen LogP contribution in [-0.2, 0) is 0 Å². The molecule has 0 aliphatic heterocycles. The van der Waals surface area contributed by atoms with E-state index in [2.05, 4.69) is 4.98 Å². The molecule has 0 atom stereocenters. The topological polar surface area (TPSA) is 90.7 Å². The van der Waals surface area contributed by atoms with E-state index in [1.165, 1.54) is 18.2 Å². The van der Waals surface area contributed by atoms with Crippen molar-refractivity contribution in [2.75, 3.05) is 13.2 Å². The van der Waals surface area contributed by atoms with Crippen molar-refractivity contribution in [3.8, 4) is 0 Å². The first-order valence-electron chi connectivity index (χ1n) is 6.75. The molecule has 1 saturated carbocycles. The molecule has 0 unspecified atom stereocenters. The van der Waals surface area contributed by atoms with Gasteiger partial charge >= 0.3 is 5.97 Å². The molecular weight excluding hydrogens is 260 g/mol. The number of carboxylic acid groups (broad SMARTS) is 1. The number of hydrogen-bond donors (Lipinski definition) is 2. The fourth-order valence-electron chi connectivity index (χ4n) is 2.21. The zero-order chi connectivity index (χ0) is 14.5. The summed E-state index contributed by atoms with van der Waals surface area (Å²) in [6, 6.07) is 4.60. The van der Waals surface area contributed by atoms with Crippen molar-refractivity contribution in [1.29, 1.82) is 0 Å². The van der Waals surface area contributed by atoms with E-state index in [0.717, 1.165) is 19.3 Å². The average Bonchev–Trinajstić information content (AvgIpc) is 2.40. The predicted octanol–water partition coefficient (Wildman–Crippen LogP) is 1.16. The van der Waals surface area contributed by atoms with E-state index in [0.29, 0.717) is 13.0 Å². The number of aromatic carboxylic acids is 1. The van der Waals surface area contributed by atoms with Gasteiger partial charge in [0.1, 0.15) is 11.4 Å². The summed E-state index contributed by atoms with van der Waals surface area (Å²) in [5.41, 5.74) is 0.0151. The van der Waals surface area contributed by atoms with Gasteiger partial charge in [0.2, 0.25) is 0 Å². The Balaban J connectivity index is 2.17. The number of pyridine rings is 1. The number of aliphatic hydroxyl groups is 1. The van der Waals surface area contributed by atoms with Crippen molar-refractivity contribution >= 4 is 11.9 Å². The molecule has 1 aliphatic rings. The highest BCUT2D eigenvalue weighted by atomic mass is 16.4. The molecule has 1 heterocycles. The fourth-order valence-corrected chi connectivity index (χ4v) is 2.21.